The molecule has 0 radical (unpaired) electrons. The Bertz CT molecular complexity index is 486. The third-order valence-corrected chi connectivity index (χ3v) is 6.30. The zero-order chi connectivity index (χ0) is 15.0. The van der Waals surface area contributed by atoms with Gasteiger partial charge in [-0.2, -0.15) is 0 Å². The Morgan fingerprint density at radius 2 is 1.95 bits per heavy atom. The van der Waals surface area contributed by atoms with E-state index in [0.29, 0.717) is 11.8 Å². The highest BCUT2D eigenvalue weighted by Gasteiger charge is 2.70. The number of carbonyl (C=O) groups excluding carboxylic acids is 1. The van der Waals surface area contributed by atoms with Gasteiger partial charge in [0.2, 0.25) is 11.7 Å². The van der Waals surface area contributed by atoms with Gasteiger partial charge >= 0.3 is 0 Å². The van der Waals surface area contributed by atoms with E-state index in [1.54, 1.807) is 0 Å². The van der Waals surface area contributed by atoms with Crippen molar-refractivity contribution < 1.29 is 19.3 Å². The predicted molar refractivity (Wildman–Crippen MR) is 73.0 cm³/mol. The van der Waals surface area contributed by atoms with Crippen LogP contribution in [-0.2, 0) is 19.3 Å². The molecule has 2 bridgehead atoms. The summed E-state index contributed by atoms with van der Waals surface area (Å²) in [4.78, 5) is 24.2. The highest BCUT2D eigenvalue weighted by atomic mass is 17.3. The lowest BCUT2D eigenvalue weighted by Gasteiger charge is -2.60. The number of hydrazine groups is 1. The van der Waals surface area contributed by atoms with Gasteiger partial charge in [0.1, 0.15) is 0 Å². The summed E-state index contributed by atoms with van der Waals surface area (Å²) in [6, 6.07) is 0. The molecule has 7 atom stereocenters. The maximum atomic E-state index is 12.5. The van der Waals surface area contributed by atoms with E-state index >= 15 is 0 Å². The van der Waals surface area contributed by atoms with Gasteiger partial charge in [0.05, 0.1) is 0 Å². The molecule has 4 saturated heterocycles. The van der Waals surface area contributed by atoms with Crippen LogP contribution in [0.1, 0.15) is 46.5 Å². The van der Waals surface area contributed by atoms with Crippen LogP contribution in [-0.4, -0.2) is 28.5 Å². The number of nitrogens with two attached hydrogens (primary N) is 1. The summed E-state index contributed by atoms with van der Waals surface area (Å²) in [6.45, 7) is 6.08. The summed E-state index contributed by atoms with van der Waals surface area (Å²) in [5.74, 6) is 6.03. The van der Waals surface area contributed by atoms with Crippen LogP contribution in [0.4, 0.5) is 0 Å². The summed E-state index contributed by atoms with van der Waals surface area (Å²) in [6.07, 6.45) is 3.29. The maximum Gasteiger partial charge on any atom is 0.242 e. The fourth-order valence-electron chi connectivity index (χ4n) is 5.09. The molecule has 5 rings (SSSR count). The second-order valence-corrected chi connectivity index (χ2v) is 7.46. The van der Waals surface area contributed by atoms with Gasteiger partial charge in [-0.1, -0.05) is 13.8 Å². The van der Waals surface area contributed by atoms with Crippen LogP contribution in [0.2, 0.25) is 0 Å². The first-order chi connectivity index (χ1) is 9.89. The van der Waals surface area contributed by atoms with Crippen LogP contribution in [0, 0.1) is 23.7 Å². The van der Waals surface area contributed by atoms with Crippen LogP contribution in [0.3, 0.4) is 0 Å². The quantitative estimate of drug-likeness (QED) is 0.417. The van der Waals surface area contributed by atoms with E-state index in [1.165, 1.54) is 5.01 Å². The molecule has 4 heterocycles. The van der Waals surface area contributed by atoms with Crippen molar-refractivity contribution in [1.29, 1.82) is 0 Å². The fraction of sp³-hybridized carbons (Fsp3) is 0.933. The Balaban J connectivity index is 1.87. The molecule has 0 aromatic carbocycles. The number of nitrogens with zero attached hydrogens (tertiary/aromatic N) is 1. The molecule has 4 unspecified atom stereocenters. The molecule has 21 heavy (non-hydrogen) atoms. The Morgan fingerprint density at radius 3 is 2.71 bits per heavy atom. The van der Waals surface area contributed by atoms with Crippen LogP contribution in [0.5, 0.6) is 0 Å². The minimum atomic E-state index is -0.810. The van der Waals surface area contributed by atoms with Crippen LogP contribution >= 0.6 is 0 Å². The van der Waals surface area contributed by atoms with E-state index in [0.717, 1.165) is 25.7 Å². The van der Waals surface area contributed by atoms with Gasteiger partial charge in [0, 0.05) is 18.3 Å². The van der Waals surface area contributed by atoms with Gasteiger partial charge in [0.15, 0.2) is 11.8 Å². The van der Waals surface area contributed by atoms with Crippen molar-refractivity contribution >= 4 is 5.91 Å². The molecular weight excluding hydrogens is 272 g/mol. The molecule has 1 saturated carbocycles. The van der Waals surface area contributed by atoms with Crippen molar-refractivity contribution in [1.82, 2.24) is 5.01 Å². The van der Waals surface area contributed by atoms with Crippen molar-refractivity contribution in [3.63, 3.8) is 0 Å². The van der Waals surface area contributed by atoms with Crippen LogP contribution in [0.25, 0.3) is 0 Å². The smallest absolute Gasteiger partial charge is 0.242 e. The molecule has 0 aromatic heterocycles. The van der Waals surface area contributed by atoms with Gasteiger partial charge in [-0.25, -0.2) is 20.6 Å². The maximum absolute atomic E-state index is 12.5. The predicted octanol–water partition coefficient (Wildman–Crippen LogP) is 1.55. The summed E-state index contributed by atoms with van der Waals surface area (Å²) in [5, 5.41) is 1.26. The highest BCUT2D eigenvalue weighted by Crippen LogP contribution is 2.59. The van der Waals surface area contributed by atoms with E-state index in [9.17, 15) is 4.79 Å². The molecule has 1 amide bonds. The Kier molecular flexibility index (Phi) is 2.78. The zero-order valence-electron chi connectivity index (χ0n) is 12.9. The van der Waals surface area contributed by atoms with Crippen molar-refractivity contribution in [2.45, 2.75) is 64.1 Å². The summed E-state index contributed by atoms with van der Waals surface area (Å²) in [7, 11) is 0. The normalized spacial score (nSPS) is 56.1. The molecule has 5 aliphatic rings. The van der Waals surface area contributed by atoms with Crippen molar-refractivity contribution in [2.24, 2.45) is 29.5 Å². The fourth-order valence-corrected chi connectivity index (χ4v) is 5.09. The van der Waals surface area contributed by atoms with E-state index < -0.39 is 17.6 Å². The summed E-state index contributed by atoms with van der Waals surface area (Å²) < 4.78 is 6.14. The Labute approximate surface area is 124 Å². The number of carbonyl (C=O) groups is 1. The number of rotatable bonds is 0. The molecule has 118 valence electrons. The largest absolute Gasteiger partial charge is 0.319 e. The Hall–Kier alpha value is -0.690. The first-order valence-electron chi connectivity index (χ1n) is 8.01. The van der Waals surface area contributed by atoms with Crippen LogP contribution in [0.15, 0.2) is 0 Å². The molecule has 6 nitrogen and oxygen atoms in total. The molecular formula is C15H24N2O4. The lowest BCUT2D eigenvalue weighted by molar-refractivity contribution is -0.548. The average molecular weight is 296 g/mol. The molecule has 1 spiro atoms. The summed E-state index contributed by atoms with van der Waals surface area (Å²) in [5.41, 5.74) is -0.615. The molecule has 4 aliphatic heterocycles. The number of piperidine rings is 1. The topological polar surface area (TPSA) is 74.0 Å². The van der Waals surface area contributed by atoms with Crippen molar-refractivity contribution in [3.8, 4) is 0 Å². The zero-order valence-corrected chi connectivity index (χ0v) is 12.9. The second-order valence-electron chi connectivity index (χ2n) is 7.46. The minimum absolute atomic E-state index is 0.0521. The number of fused-ring (bicyclic) bond motifs is 2. The second kappa shape index (κ2) is 4.19. The Morgan fingerprint density at radius 1 is 1.19 bits per heavy atom. The molecule has 5 fully saturated rings. The highest BCUT2D eigenvalue weighted by molar-refractivity contribution is 5.80. The number of ether oxygens (including phenoxy) is 1. The van der Waals surface area contributed by atoms with Gasteiger partial charge in [-0.3, -0.25) is 4.79 Å². The third-order valence-electron chi connectivity index (χ3n) is 6.30. The van der Waals surface area contributed by atoms with E-state index in [2.05, 4.69) is 6.92 Å². The van der Waals surface area contributed by atoms with Crippen LogP contribution < -0.4 is 5.84 Å². The standard InChI is InChI=1S/C15H24N2O4/c1-8-4-5-11-9(2)12(18)17(16)13-15(11)10(8)6-7-14(3,19-13)20-21-15/h8-11,13H,4-7,16H2,1-3H3/t8?,9-,10?,11+,13?,14+,15?/m1/s1. The third kappa shape index (κ3) is 1.59. The number of hydrogen-bond donors (Lipinski definition) is 1. The minimum Gasteiger partial charge on any atom is -0.319 e. The van der Waals surface area contributed by atoms with E-state index in [4.69, 9.17) is 20.4 Å². The molecule has 2 N–H and O–H groups in total. The van der Waals surface area contributed by atoms with E-state index in [1.807, 2.05) is 13.8 Å². The number of hydrogen-bond acceptors (Lipinski definition) is 5. The lowest BCUT2D eigenvalue weighted by atomic mass is 9.57. The van der Waals surface area contributed by atoms with Gasteiger partial charge in [0.25, 0.3) is 0 Å². The van der Waals surface area contributed by atoms with Gasteiger partial charge < -0.3 is 4.74 Å². The SMILES string of the molecule is CC1CC[C@H]2[C@@H](C)C(=O)N(N)C3O[C@]4(C)CCC1C32OO4. The first kappa shape index (κ1) is 13.9. The first-order valence-corrected chi connectivity index (χ1v) is 8.01. The lowest BCUT2D eigenvalue weighted by Crippen LogP contribution is -2.76. The van der Waals surface area contributed by atoms with Crippen molar-refractivity contribution in [3.05, 3.63) is 0 Å². The number of amides is 1. The summed E-state index contributed by atoms with van der Waals surface area (Å²) >= 11 is 0. The monoisotopic (exact) mass is 296 g/mol. The molecule has 0 aromatic rings. The van der Waals surface area contributed by atoms with Gasteiger partial charge in [-0.15, -0.1) is 0 Å². The molecule has 6 heteroatoms. The average Bonchev–Trinajstić information content (AvgIpc) is 2.69. The van der Waals surface area contributed by atoms with Crippen molar-refractivity contribution in [2.75, 3.05) is 0 Å². The van der Waals surface area contributed by atoms with Gasteiger partial charge in [-0.05, 0) is 38.0 Å². The van der Waals surface area contributed by atoms with E-state index in [-0.39, 0.29) is 17.7 Å². The molecule has 1 aliphatic carbocycles.